The molecule has 0 saturated carbocycles. The summed E-state index contributed by atoms with van der Waals surface area (Å²) in [6, 6.07) is 0. The lowest BCUT2D eigenvalue weighted by molar-refractivity contribution is -0.161. The van der Waals surface area contributed by atoms with E-state index in [1.807, 2.05) is 0 Å². The van der Waals surface area contributed by atoms with Crippen LogP contribution in [0.5, 0.6) is 0 Å². The molecule has 0 fully saturated rings. The van der Waals surface area contributed by atoms with E-state index < -0.39 is 97.5 Å². The normalized spacial score (nSPS) is 14.5. The smallest absolute Gasteiger partial charge is 0.462 e. The maximum absolute atomic E-state index is 13.0. The summed E-state index contributed by atoms with van der Waals surface area (Å²) < 4.78 is 68.2. The highest BCUT2D eigenvalue weighted by Gasteiger charge is 2.30. The highest BCUT2D eigenvalue weighted by molar-refractivity contribution is 7.47. The molecule has 0 spiro atoms. The maximum atomic E-state index is 13.0. The van der Waals surface area contributed by atoms with Crippen LogP contribution in [0.3, 0.4) is 0 Å². The molecule has 17 nitrogen and oxygen atoms in total. The summed E-state index contributed by atoms with van der Waals surface area (Å²) >= 11 is 0. The van der Waals surface area contributed by atoms with Crippen molar-refractivity contribution in [3.05, 3.63) is 0 Å². The van der Waals surface area contributed by atoms with Crippen LogP contribution in [-0.4, -0.2) is 96.7 Å². The predicted molar refractivity (Wildman–Crippen MR) is 354 cm³/mol. The first-order chi connectivity index (χ1) is 42.3. The number of carbonyl (C=O) groups excluding carboxylic acids is 4. The Bertz CT molecular complexity index is 1730. The molecule has 0 aliphatic carbocycles. The summed E-state index contributed by atoms with van der Waals surface area (Å²) in [4.78, 5) is 72.5. The molecule has 0 aromatic carbocycles. The third-order valence-corrected chi connectivity index (χ3v) is 18.1. The molecular weight excluding hydrogens is 1160 g/mol. The lowest BCUT2D eigenvalue weighted by Gasteiger charge is -2.21. The van der Waals surface area contributed by atoms with Gasteiger partial charge in [-0.1, -0.05) is 292 Å². The van der Waals surface area contributed by atoms with Crippen LogP contribution in [-0.2, 0) is 65.4 Å². The van der Waals surface area contributed by atoms with Gasteiger partial charge in [0.15, 0.2) is 12.2 Å². The van der Waals surface area contributed by atoms with Crippen LogP contribution < -0.4 is 0 Å². The molecule has 88 heavy (non-hydrogen) atoms. The van der Waals surface area contributed by atoms with Crippen molar-refractivity contribution in [1.29, 1.82) is 0 Å². The molecule has 0 aromatic rings. The van der Waals surface area contributed by atoms with Gasteiger partial charge in [0.2, 0.25) is 0 Å². The summed E-state index contributed by atoms with van der Waals surface area (Å²) in [6.07, 6.45) is 43.0. The average molecular weight is 1300 g/mol. The van der Waals surface area contributed by atoms with Gasteiger partial charge in [-0.3, -0.25) is 37.3 Å². The van der Waals surface area contributed by atoms with Gasteiger partial charge in [0.1, 0.15) is 19.3 Å². The fourth-order valence-electron chi connectivity index (χ4n) is 10.3. The minimum Gasteiger partial charge on any atom is -0.462 e. The monoisotopic (exact) mass is 1300 g/mol. The second-order valence-corrected chi connectivity index (χ2v) is 29.0. The number of phosphoric acid groups is 2. The van der Waals surface area contributed by atoms with Crippen LogP contribution in [0.15, 0.2) is 0 Å². The zero-order valence-electron chi connectivity index (χ0n) is 57.2. The Morgan fingerprint density at radius 2 is 0.580 bits per heavy atom. The summed E-state index contributed by atoms with van der Waals surface area (Å²) in [6.45, 7) is 11.8. The van der Waals surface area contributed by atoms with E-state index in [9.17, 15) is 43.2 Å². The summed E-state index contributed by atoms with van der Waals surface area (Å²) in [5, 5.41) is 10.6. The van der Waals surface area contributed by atoms with Crippen molar-refractivity contribution in [2.45, 2.75) is 362 Å². The average Bonchev–Trinajstić information content (AvgIpc) is 3.63. The van der Waals surface area contributed by atoms with Crippen molar-refractivity contribution < 1.29 is 80.2 Å². The number of rotatable bonds is 67. The van der Waals surface area contributed by atoms with Crippen LogP contribution in [0.1, 0.15) is 344 Å². The van der Waals surface area contributed by atoms with E-state index >= 15 is 0 Å². The van der Waals surface area contributed by atoms with Gasteiger partial charge >= 0.3 is 39.5 Å². The van der Waals surface area contributed by atoms with Gasteiger partial charge in [-0.15, -0.1) is 0 Å². The van der Waals surface area contributed by atoms with Crippen molar-refractivity contribution in [2.75, 3.05) is 39.6 Å². The zero-order chi connectivity index (χ0) is 65.2. The molecule has 3 N–H and O–H groups in total. The first kappa shape index (κ1) is 86.1. The number of hydrogen-bond acceptors (Lipinski definition) is 15. The summed E-state index contributed by atoms with van der Waals surface area (Å²) in [5.41, 5.74) is 0. The second-order valence-electron chi connectivity index (χ2n) is 26.1. The van der Waals surface area contributed by atoms with E-state index in [1.54, 1.807) is 0 Å². The molecule has 6 atom stereocenters. The Morgan fingerprint density at radius 3 is 0.864 bits per heavy atom. The number of unbranched alkanes of at least 4 members (excludes halogenated alkanes) is 34. The quantitative estimate of drug-likeness (QED) is 0.0222. The molecular formula is C69H134O17P2. The molecule has 0 radical (unpaired) electrons. The molecule has 0 amide bonds. The Hall–Kier alpha value is -1.94. The van der Waals surface area contributed by atoms with E-state index in [2.05, 4.69) is 48.5 Å². The number of ether oxygens (including phenoxy) is 4. The van der Waals surface area contributed by atoms with Crippen molar-refractivity contribution in [2.24, 2.45) is 17.8 Å². The number of hydrogen-bond donors (Lipinski definition) is 3. The number of carbonyl (C=O) groups is 4. The fourth-order valence-corrected chi connectivity index (χ4v) is 11.9. The van der Waals surface area contributed by atoms with E-state index in [0.29, 0.717) is 31.6 Å². The Balaban J connectivity index is 5.26. The molecule has 0 heterocycles. The van der Waals surface area contributed by atoms with Gasteiger partial charge in [0.05, 0.1) is 26.4 Å². The number of aliphatic hydroxyl groups excluding tert-OH is 1. The molecule has 0 bridgehead atoms. The minimum absolute atomic E-state index is 0.106. The molecule has 19 heteroatoms. The van der Waals surface area contributed by atoms with Crippen molar-refractivity contribution in [3.8, 4) is 0 Å². The van der Waals surface area contributed by atoms with Gasteiger partial charge in [-0.25, -0.2) is 9.13 Å². The lowest BCUT2D eigenvalue weighted by atomic mass is 9.99. The Morgan fingerprint density at radius 1 is 0.330 bits per heavy atom. The van der Waals surface area contributed by atoms with E-state index in [4.69, 9.17) is 37.0 Å². The van der Waals surface area contributed by atoms with Crippen molar-refractivity contribution in [1.82, 2.24) is 0 Å². The SMILES string of the molecule is CCCCCCCCCCCCCCC(=O)O[C@H](COC(=O)CCCCCCCCCC(C)C)COP(=O)(O)OC[C@H](O)COP(=O)(O)OC[C@@H](COC(=O)CCCCCCCCCCC(C)CC)OC(=O)CCCCCCCCCCCCCC(C)C. The van der Waals surface area contributed by atoms with Crippen molar-refractivity contribution in [3.63, 3.8) is 0 Å². The lowest BCUT2D eigenvalue weighted by Crippen LogP contribution is -2.30. The Kier molecular flexibility index (Phi) is 58.7. The molecule has 3 unspecified atom stereocenters. The zero-order valence-corrected chi connectivity index (χ0v) is 59.0. The topological polar surface area (TPSA) is 237 Å². The molecule has 522 valence electrons. The standard InChI is InChI=1S/C69H134O17P2/c1-8-10-11-12-13-14-15-18-21-30-38-45-52-68(73)86-65(57-80-67(72)51-44-37-32-25-27-34-41-48-61(5)6)59-84-88(77,78)82-55-63(70)54-81-87(75,76)83-58-64(56-79-66(71)50-43-36-29-24-23-28-35-42-49-62(7)9-2)85-69(74)53-46-39-31-22-19-16-17-20-26-33-40-47-60(3)4/h60-65,70H,8-59H2,1-7H3,(H,75,76)(H,77,78)/t62?,63-,64-,65-/m1/s1. The molecule has 0 aliphatic rings. The van der Waals surface area contributed by atoms with E-state index in [1.165, 1.54) is 148 Å². The molecule has 0 saturated heterocycles. The minimum atomic E-state index is -4.95. The third-order valence-electron chi connectivity index (χ3n) is 16.2. The van der Waals surface area contributed by atoms with Gasteiger partial charge in [-0.05, 0) is 43.4 Å². The fraction of sp³-hybridized carbons (Fsp3) is 0.942. The van der Waals surface area contributed by atoms with E-state index in [0.717, 1.165) is 108 Å². The number of phosphoric ester groups is 2. The van der Waals surface area contributed by atoms with Gasteiger partial charge in [-0.2, -0.15) is 0 Å². The first-order valence-electron chi connectivity index (χ1n) is 35.9. The van der Waals surface area contributed by atoms with Crippen LogP contribution >= 0.6 is 15.6 Å². The number of esters is 4. The van der Waals surface area contributed by atoms with E-state index in [-0.39, 0.29) is 25.7 Å². The maximum Gasteiger partial charge on any atom is 0.472 e. The molecule has 0 aromatic heterocycles. The van der Waals surface area contributed by atoms with Crippen LogP contribution in [0, 0.1) is 17.8 Å². The first-order valence-corrected chi connectivity index (χ1v) is 38.9. The highest BCUT2D eigenvalue weighted by Crippen LogP contribution is 2.45. The number of aliphatic hydroxyl groups is 1. The van der Waals surface area contributed by atoms with Crippen LogP contribution in [0.4, 0.5) is 0 Å². The molecule has 0 rings (SSSR count). The molecule has 0 aliphatic heterocycles. The second kappa shape index (κ2) is 60.0. The summed E-state index contributed by atoms with van der Waals surface area (Å²) in [7, 11) is -9.90. The summed E-state index contributed by atoms with van der Waals surface area (Å²) in [5.74, 6) is 0.120. The van der Waals surface area contributed by atoms with Crippen molar-refractivity contribution >= 4 is 39.5 Å². The Labute approximate surface area is 537 Å². The van der Waals surface area contributed by atoms with Gasteiger partial charge < -0.3 is 33.8 Å². The van der Waals surface area contributed by atoms with Gasteiger partial charge in [0.25, 0.3) is 0 Å². The van der Waals surface area contributed by atoms with Crippen LogP contribution in [0.2, 0.25) is 0 Å². The van der Waals surface area contributed by atoms with Gasteiger partial charge in [0, 0.05) is 25.7 Å². The highest BCUT2D eigenvalue weighted by atomic mass is 31.2. The van der Waals surface area contributed by atoms with Crippen LogP contribution in [0.25, 0.3) is 0 Å². The largest absolute Gasteiger partial charge is 0.472 e. The third kappa shape index (κ3) is 61.6. The predicted octanol–water partition coefficient (Wildman–Crippen LogP) is 19.5.